The van der Waals surface area contributed by atoms with E-state index >= 15 is 0 Å². The van der Waals surface area contributed by atoms with Gasteiger partial charge in [-0.15, -0.1) is 0 Å². The van der Waals surface area contributed by atoms with Crippen LogP contribution in [0.1, 0.15) is 34.2 Å². The first-order valence-corrected chi connectivity index (χ1v) is 7.31. The van der Waals surface area contributed by atoms with Crippen LogP contribution in [0.4, 0.5) is 5.69 Å². The van der Waals surface area contributed by atoms with Crippen LogP contribution < -0.4 is 5.32 Å². The van der Waals surface area contributed by atoms with Crippen molar-refractivity contribution in [2.75, 3.05) is 5.32 Å². The van der Waals surface area contributed by atoms with Crippen LogP contribution in [0.25, 0.3) is 0 Å². The molecular weight excluding hydrogens is 336 g/mol. The van der Waals surface area contributed by atoms with Crippen molar-refractivity contribution in [3.8, 4) is 0 Å². The van der Waals surface area contributed by atoms with Crippen molar-refractivity contribution in [2.24, 2.45) is 0 Å². The fraction of sp³-hybridized carbons (Fsp3) is 0.200. The van der Waals surface area contributed by atoms with E-state index in [2.05, 4.69) is 21.2 Å². The summed E-state index contributed by atoms with van der Waals surface area (Å²) in [5.74, 6) is -1.22. The molecule has 0 radical (unpaired) electrons. The number of carbonyl (C=O) groups is 2. The van der Waals surface area contributed by atoms with Gasteiger partial charge >= 0.3 is 5.97 Å². The minimum absolute atomic E-state index is 0.185. The molecule has 1 amide bonds. The maximum absolute atomic E-state index is 12.3. The smallest absolute Gasteiger partial charge is 0.335 e. The minimum Gasteiger partial charge on any atom is -0.478 e. The lowest BCUT2D eigenvalue weighted by molar-refractivity contribution is 0.0696. The molecule has 0 atom stereocenters. The number of aryl methyl sites for hydroxylation is 1. The Morgan fingerprint density at radius 2 is 1.95 bits per heavy atom. The monoisotopic (exact) mass is 350 g/mol. The molecule has 2 N–H and O–H groups in total. The fourth-order valence-corrected chi connectivity index (χ4v) is 2.45. The largest absolute Gasteiger partial charge is 0.478 e. The van der Waals surface area contributed by atoms with Crippen molar-refractivity contribution >= 4 is 33.5 Å². The lowest BCUT2D eigenvalue weighted by Crippen LogP contribution is -2.16. The summed E-state index contributed by atoms with van der Waals surface area (Å²) in [5.41, 5.74) is 1.31. The fourth-order valence-electron chi connectivity index (χ4n) is 1.98. The number of nitrogens with zero attached hydrogens (tertiary/aromatic N) is 1. The molecule has 110 valence electrons. The first-order valence-electron chi connectivity index (χ1n) is 6.51. The van der Waals surface area contributed by atoms with Gasteiger partial charge in [0.25, 0.3) is 5.91 Å². The van der Waals surface area contributed by atoms with Gasteiger partial charge in [0.05, 0.1) is 5.56 Å². The van der Waals surface area contributed by atoms with Crippen LogP contribution in [-0.2, 0) is 6.54 Å². The second-order valence-electron chi connectivity index (χ2n) is 4.57. The molecule has 1 aromatic carbocycles. The summed E-state index contributed by atoms with van der Waals surface area (Å²) in [5, 5.41) is 11.6. The summed E-state index contributed by atoms with van der Waals surface area (Å²) in [4.78, 5) is 23.1. The number of nitrogens with one attached hydrogen (secondary N) is 1. The number of benzene rings is 1. The minimum atomic E-state index is -0.992. The van der Waals surface area contributed by atoms with Gasteiger partial charge in [-0.2, -0.15) is 0 Å². The van der Waals surface area contributed by atoms with Crippen LogP contribution in [0.2, 0.25) is 0 Å². The molecule has 1 heterocycles. The van der Waals surface area contributed by atoms with Crippen LogP contribution in [0, 0.1) is 0 Å². The maximum atomic E-state index is 12.3. The molecule has 2 rings (SSSR count). The molecule has 0 bridgehead atoms. The molecule has 6 heteroatoms. The molecule has 2 aromatic rings. The Hall–Kier alpha value is -2.08. The molecule has 0 unspecified atom stereocenters. The number of aromatic carboxylic acids is 1. The van der Waals surface area contributed by atoms with Crippen molar-refractivity contribution in [1.29, 1.82) is 0 Å². The van der Waals surface area contributed by atoms with Crippen molar-refractivity contribution < 1.29 is 14.7 Å². The Morgan fingerprint density at radius 1 is 1.29 bits per heavy atom. The number of anilines is 1. The molecule has 1 aromatic heterocycles. The average Bonchev–Trinajstić information content (AvgIpc) is 2.81. The maximum Gasteiger partial charge on any atom is 0.335 e. The SMILES string of the molecule is CCCn1cc(Br)cc1C(=O)Nc1ccc(C(=O)O)cc1. The van der Waals surface area contributed by atoms with Gasteiger partial charge in [0.15, 0.2) is 0 Å². The van der Waals surface area contributed by atoms with E-state index in [-0.39, 0.29) is 11.5 Å². The van der Waals surface area contributed by atoms with Gasteiger partial charge in [0.1, 0.15) is 5.69 Å². The third kappa shape index (κ3) is 3.72. The number of carboxylic acid groups (broad SMARTS) is 1. The molecule has 0 fully saturated rings. The molecule has 0 aliphatic carbocycles. The summed E-state index contributed by atoms with van der Waals surface area (Å²) >= 11 is 3.37. The number of rotatable bonds is 5. The van der Waals surface area contributed by atoms with E-state index in [1.165, 1.54) is 12.1 Å². The predicted molar refractivity (Wildman–Crippen MR) is 83.8 cm³/mol. The molecule has 0 spiro atoms. The van der Waals surface area contributed by atoms with E-state index in [9.17, 15) is 9.59 Å². The van der Waals surface area contributed by atoms with Gasteiger partial charge < -0.3 is 15.0 Å². The molecule has 0 saturated carbocycles. The van der Waals surface area contributed by atoms with Gasteiger partial charge in [-0.05, 0) is 52.7 Å². The van der Waals surface area contributed by atoms with Crippen LogP contribution >= 0.6 is 15.9 Å². The van der Waals surface area contributed by atoms with Gasteiger partial charge in [-0.3, -0.25) is 4.79 Å². The van der Waals surface area contributed by atoms with E-state index in [4.69, 9.17) is 5.11 Å². The zero-order valence-corrected chi connectivity index (χ0v) is 13.1. The number of hydrogen-bond acceptors (Lipinski definition) is 2. The van der Waals surface area contributed by atoms with Crippen LogP contribution in [0.15, 0.2) is 41.0 Å². The molecular formula is C15H15BrN2O3. The summed E-state index contributed by atoms with van der Waals surface area (Å²) in [7, 11) is 0. The van der Waals surface area contributed by atoms with E-state index in [0.717, 1.165) is 17.4 Å². The highest BCUT2D eigenvalue weighted by Gasteiger charge is 2.13. The first-order chi connectivity index (χ1) is 10.0. The Morgan fingerprint density at radius 3 is 2.52 bits per heavy atom. The third-order valence-corrected chi connectivity index (χ3v) is 3.38. The van der Waals surface area contributed by atoms with Crippen molar-refractivity contribution in [1.82, 2.24) is 4.57 Å². The van der Waals surface area contributed by atoms with Crippen molar-refractivity contribution in [3.63, 3.8) is 0 Å². The number of aromatic nitrogens is 1. The molecule has 0 saturated heterocycles. The van der Waals surface area contributed by atoms with E-state index < -0.39 is 5.97 Å². The number of carbonyl (C=O) groups excluding carboxylic acids is 1. The van der Waals surface area contributed by atoms with E-state index in [1.54, 1.807) is 18.2 Å². The van der Waals surface area contributed by atoms with Crippen molar-refractivity contribution in [2.45, 2.75) is 19.9 Å². The molecule has 0 aliphatic heterocycles. The Bertz CT molecular complexity index is 662. The third-order valence-electron chi connectivity index (χ3n) is 2.95. The molecule has 0 aliphatic rings. The zero-order chi connectivity index (χ0) is 15.4. The van der Waals surface area contributed by atoms with Crippen molar-refractivity contribution in [3.05, 3.63) is 52.3 Å². The highest BCUT2D eigenvalue weighted by molar-refractivity contribution is 9.10. The van der Waals surface area contributed by atoms with Crippen LogP contribution in [-0.4, -0.2) is 21.6 Å². The van der Waals surface area contributed by atoms with Gasteiger partial charge in [0, 0.05) is 22.9 Å². The Labute approximate surface area is 130 Å². The lowest BCUT2D eigenvalue weighted by atomic mass is 10.2. The van der Waals surface area contributed by atoms with Gasteiger partial charge in [-0.25, -0.2) is 4.79 Å². The number of halogens is 1. The second-order valence-corrected chi connectivity index (χ2v) is 5.49. The molecule has 5 nitrogen and oxygen atoms in total. The number of hydrogen-bond donors (Lipinski definition) is 2. The lowest BCUT2D eigenvalue weighted by Gasteiger charge is -2.08. The summed E-state index contributed by atoms with van der Waals surface area (Å²) < 4.78 is 2.73. The zero-order valence-electron chi connectivity index (χ0n) is 11.5. The quantitative estimate of drug-likeness (QED) is 0.865. The topological polar surface area (TPSA) is 71.3 Å². The summed E-state index contributed by atoms with van der Waals surface area (Å²) in [6.07, 6.45) is 2.79. The number of carboxylic acids is 1. The summed E-state index contributed by atoms with van der Waals surface area (Å²) in [6, 6.07) is 7.82. The van der Waals surface area contributed by atoms with Gasteiger partial charge in [-0.1, -0.05) is 6.92 Å². The van der Waals surface area contributed by atoms with Gasteiger partial charge in [0.2, 0.25) is 0 Å². The Kier molecular flexibility index (Phi) is 4.80. The second kappa shape index (κ2) is 6.58. The predicted octanol–water partition coefficient (Wildman–Crippen LogP) is 3.61. The molecule has 21 heavy (non-hydrogen) atoms. The van der Waals surface area contributed by atoms with Crippen LogP contribution in [0.5, 0.6) is 0 Å². The highest BCUT2D eigenvalue weighted by atomic mass is 79.9. The highest BCUT2D eigenvalue weighted by Crippen LogP contribution is 2.17. The first kappa shape index (κ1) is 15.3. The number of amides is 1. The average molecular weight is 351 g/mol. The Balaban J connectivity index is 2.15. The van der Waals surface area contributed by atoms with Crippen LogP contribution in [0.3, 0.4) is 0 Å². The summed E-state index contributed by atoms with van der Waals surface area (Å²) in [6.45, 7) is 2.80. The normalized spacial score (nSPS) is 10.4. The van der Waals surface area contributed by atoms with E-state index in [1.807, 2.05) is 17.7 Å². The standard InChI is InChI=1S/C15H15BrN2O3/c1-2-7-18-9-11(16)8-13(18)14(19)17-12-5-3-10(4-6-12)15(20)21/h3-6,8-9H,2,7H2,1H3,(H,17,19)(H,20,21). The van der Waals surface area contributed by atoms with E-state index in [0.29, 0.717) is 11.4 Å².